The minimum Gasteiger partial charge on any atom is -0.363 e. The smallest absolute Gasteiger partial charge is 0.178 e. The molecule has 9 N–H and O–H groups in total. The average molecular weight is 236 g/mol. The second-order valence-electron chi connectivity index (χ2n) is 4.03. The Morgan fingerprint density at radius 1 is 0.750 bits per heavy atom. The molecule has 0 spiro atoms. The van der Waals surface area contributed by atoms with Crippen LogP contribution >= 0.6 is 0 Å². The second-order valence-corrected chi connectivity index (χ2v) is 4.03. The summed E-state index contributed by atoms with van der Waals surface area (Å²) in [5.74, 6) is -5.96. The van der Waals surface area contributed by atoms with Gasteiger partial charge in [0.2, 0.25) is 0 Å². The molecule has 3 atom stereocenters. The van der Waals surface area contributed by atoms with Gasteiger partial charge in [0.1, 0.15) is 0 Å². The fourth-order valence-electron chi connectivity index (χ4n) is 1.48. The molecule has 7 nitrogen and oxygen atoms in total. The molecular weight excluding hydrogens is 212 g/mol. The molecule has 0 amide bonds. The Morgan fingerprint density at radius 2 is 0.938 bits per heavy atom. The third kappa shape index (κ3) is 3.11. The van der Waals surface area contributed by atoms with E-state index in [4.69, 9.17) is 17.2 Å². The van der Waals surface area contributed by atoms with E-state index < -0.39 is 17.5 Å². The first kappa shape index (κ1) is 15.7. The number of hydrogen-bond acceptors (Lipinski definition) is 7. The Kier molecular flexibility index (Phi) is 4.84. The first-order valence-corrected chi connectivity index (χ1v) is 5.39. The van der Waals surface area contributed by atoms with E-state index in [0.29, 0.717) is 0 Å². The molecule has 0 aromatic heterocycles. The molecule has 0 fully saturated rings. The molecule has 0 aromatic carbocycles. The third-order valence-corrected chi connectivity index (χ3v) is 2.72. The van der Waals surface area contributed by atoms with Crippen LogP contribution in [-0.4, -0.2) is 37.8 Å². The Balaban J connectivity index is 5.40. The molecule has 0 rings (SSSR count). The van der Waals surface area contributed by atoms with Crippen LogP contribution in [0, 0.1) is 0 Å². The zero-order chi connectivity index (χ0) is 13.2. The van der Waals surface area contributed by atoms with E-state index >= 15 is 0 Å². The molecule has 0 aliphatic rings. The predicted molar refractivity (Wildman–Crippen MR) is 60.1 cm³/mol. The number of nitrogens with zero attached hydrogens (tertiary/aromatic N) is 1. The summed E-state index contributed by atoms with van der Waals surface area (Å²) < 4.78 is 0. The first-order valence-electron chi connectivity index (χ1n) is 5.39. The van der Waals surface area contributed by atoms with Crippen molar-refractivity contribution in [3.63, 3.8) is 0 Å². The minimum atomic E-state index is -1.99. The van der Waals surface area contributed by atoms with Gasteiger partial charge in [0.15, 0.2) is 17.5 Å². The molecule has 0 bridgehead atoms. The lowest BCUT2D eigenvalue weighted by Gasteiger charge is -2.50. The van der Waals surface area contributed by atoms with E-state index in [-0.39, 0.29) is 19.3 Å². The molecule has 7 heteroatoms. The molecule has 0 saturated heterocycles. The minimum absolute atomic E-state index is 0.0476. The van der Waals surface area contributed by atoms with Crippen molar-refractivity contribution in [2.75, 3.05) is 0 Å². The van der Waals surface area contributed by atoms with E-state index in [1.54, 1.807) is 20.8 Å². The van der Waals surface area contributed by atoms with Gasteiger partial charge in [-0.25, -0.2) is 0 Å². The summed E-state index contributed by atoms with van der Waals surface area (Å²) in [7, 11) is 0. The van der Waals surface area contributed by atoms with Crippen molar-refractivity contribution in [3.05, 3.63) is 0 Å². The molecule has 16 heavy (non-hydrogen) atoms. The maximum absolute atomic E-state index is 9.94. The third-order valence-electron chi connectivity index (χ3n) is 2.72. The van der Waals surface area contributed by atoms with Crippen LogP contribution in [0.4, 0.5) is 0 Å². The van der Waals surface area contributed by atoms with Crippen LogP contribution in [0.2, 0.25) is 0 Å². The van der Waals surface area contributed by atoms with Gasteiger partial charge in [0.05, 0.1) is 0 Å². The van der Waals surface area contributed by atoms with Gasteiger partial charge >= 0.3 is 0 Å². The van der Waals surface area contributed by atoms with E-state index in [0.717, 1.165) is 4.90 Å². The quantitative estimate of drug-likeness (QED) is 0.303. The molecule has 0 saturated carbocycles. The van der Waals surface area contributed by atoms with Crippen molar-refractivity contribution in [1.82, 2.24) is 4.90 Å². The van der Waals surface area contributed by atoms with Gasteiger partial charge in [-0.2, -0.15) is 4.90 Å². The Hall–Kier alpha value is -0.280. The van der Waals surface area contributed by atoms with E-state index in [1.807, 2.05) is 0 Å². The fraction of sp³-hybridized carbons (Fsp3) is 1.00. The highest BCUT2D eigenvalue weighted by molar-refractivity contribution is 4.88. The zero-order valence-corrected chi connectivity index (χ0v) is 10.1. The van der Waals surface area contributed by atoms with Crippen LogP contribution in [-0.2, 0) is 0 Å². The lowest BCUT2D eigenvalue weighted by atomic mass is 10.1. The van der Waals surface area contributed by atoms with Crippen molar-refractivity contribution in [2.24, 2.45) is 17.2 Å². The summed E-state index contributed by atoms with van der Waals surface area (Å²) >= 11 is 0. The highest BCUT2D eigenvalue weighted by atomic mass is 16.4. The summed E-state index contributed by atoms with van der Waals surface area (Å²) in [6, 6.07) is 0. The average Bonchev–Trinajstić information content (AvgIpc) is 2.16. The highest BCUT2D eigenvalue weighted by Crippen LogP contribution is 2.27. The summed E-state index contributed by atoms with van der Waals surface area (Å²) in [6.07, 6.45) is 0.143. The molecule has 0 aromatic rings. The first-order chi connectivity index (χ1) is 7.05. The SMILES string of the molecule is CCC(N)(O)N(C(N)(O)CC)C(N)(O)CC. The van der Waals surface area contributed by atoms with Gasteiger partial charge in [-0.15, -0.1) is 0 Å². The number of hydrogen-bond donors (Lipinski definition) is 6. The van der Waals surface area contributed by atoms with Crippen LogP contribution in [0.15, 0.2) is 0 Å². The number of rotatable bonds is 6. The normalized spacial score (nSPS) is 23.6. The van der Waals surface area contributed by atoms with Crippen LogP contribution in [0.1, 0.15) is 40.0 Å². The van der Waals surface area contributed by atoms with Crippen molar-refractivity contribution < 1.29 is 15.3 Å². The molecule has 0 heterocycles. The van der Waals surface area contributed by atoms with Crippen molar-refractivity contribution >= 4 is 0 Å². The second kappa shape index (κ2) is 4.92. The van der Waals surface area contributed by atoms with Crippen LogP contribution in [0.5, 0.6) is 0 Å². The van der Waals surface area contributed by atoms with Gasteiger partial charge in [-0.3, -0.25) is 17.2 Å². The Morgan fingerprint density at radius 3 is 1.06 bits per heavy atom. The number of aliphatic hydroxyl groups is 3. The summed E-state index contributed by atoms with van der Waals surface area (Å²) in [5, 5.41) is 29.8. The zero-order valence-electron chi connectivity index (χ0n) is 10.1. The van der Waals surface area contributed by atoms with Gasteiger partial charge in [0, 0.05) is 19.3 Å². The van der Waals surface area contributed by atoms with E-state index in [2.05, 4.69) is 0 Å². The molecule has 0 radical (unpaired) electrons. The molecule has 98 valence electrons. The predicted octanol–water partition coefficient (Wildman–Crippen LogP) is -1.67. The van der Waals surface area contributed by atoms with Crippen molar-refractivity contribution in [3.8, 4) is 0 Å². The molecular formula is C9H24N4O3. The lowest BCUT2D eigenvalue weighted by molar-refractivity contribution is -0.320. The van der Waals surface area contributed by atoms with Gasteiger partial charge < -0.3 is 15.3 Å². The molecule has 0 aliphatic carbocycles. The fourth-order valence-corrected chi connectivity index (χ4v) is 1.48. The van der Waals surface area contributed by atoms with Crippen molar-refractivity contribution in [2.45, 2.75) is 57.6 Å². The van der Waals surface area contributed by atoms with E-state index in [1.165, 1.54) is 0 Å². The van der Waals surface area contributed by atoms with E-state index in [9.17, 15) is 15.3 Å². The van der Waals surface area contributed by atoms with Gasteiger partial charge in [0.25, 0.3) is 0 Å². The van der Waals surface area contributed by atoms with Crippen LogP contribution in [0.3, 0.4) is 0 Å². The molecule has 3 unspecified atom stereocenters. The summed E-state index contributed by atoms with van der Waals surface area (Å²) in [4.78, 5) is 0.729. The number of nitrogens with two attached hydrogens (primary N) is 3. The topological polar surface area (TPSA) is 142 Å². The largest absolute Gasteiger partial charge is 0.363 e. The Bertz CT molecular complexity index is 193. The maximum atomic E-state index is 9.94. The van der Waals surface area contributed by atoms with Gasteiger partial charge in [-0.1, -0.05) is 20.8 Å². The standard InChI is InChI=1S/C9H24N4O3/c1-4-7(10,14)13(8(11,15)5-2)9(12,16)6-3/h14-16H,4-6,10-12H2,1-3H3. The monoisotopic (exact) mass is 236 g/mol. The maximum Gasteiger partial charge on any atom is 0.178 e. The summed E-state index contributed by atoms with van der Waals surface area (Å²) in [6.45, 7) is 4.76. The lowest BCUT2D eigenvalue weighted by Crippen LogP contribution is -2.78. The van der Waals surface area contributed by atoms with Gasteiger partial charge in [-0.05, 0) is 0 Å². The highest BCUT2D eigenvalue weighted by Gasteiger charge is 2.50. The molecule has 0 aliphatic heterocycles. The Labute approximate surface area is 95.8 Å². The van der Waals surface area contributed by atoms with Crippen LogP contribution < -0.4 is 17.2 Å². The van der Waals surface area contributed by atoms with Crippen LogP contribution in [0.25, 0.3) is 0 Å². The summed E-state index contributed by atoms with van der Waals surface area (Å²) in [5.41, 5.74) is 16.8. The van der Waals surface area contributed by atoms with Crippen molar-refractivity contribution in [1.29, 1.82) is 0 Å².